The Morgan fingerprint density at radius 2 is 2.00 bits per heavy atom. The molecule has 0 saturated heterocycles. The third-order valence-corrected chi connectivity index (χ3v) is 2.72. The first kappa shape index (κ1) is 13.0. The number of hydrogen-bond donors (Lipinski definition) is 2. The summed E-state index contributed by atoms with van der Waals surface area (Å²) < 4.78 is 37.9. The summed E-state index contributed by atoms with van der Waals surface area (Å²) in [5.41, 5.74) is 0.504. The second-order valence-electron chi connectivity index (χ2n) is 3.74. The van der Waals surface area contributed by atoms with Crippen LogP contribution in [-0.4, -0.2) is 17.3 Å². The van der Waals surface area contributed by atoms with Gasteiger partial charge in [-0.3, -0.25) is 4.98 Å². The van der Waals surface area contributed by atoms with Gasteiger partial charge in [-0.1, -0.05) is 0 Å². The van der Waals surface area contributed by atoms with Crippen molar-refractivity contribution in [2.24, 2.45) is 0 Å². The molecular formula is C12H11F3N2S. The van der Waals surface area contributed by atoms with E-state index in [2.05, 4.69) is 22.9 Å². The van der Waals surface area contributed by atoms with Crippen LogP contribution in [0.2, 0.25) is 0 Å². The normalized spacial score (nSPS) is 11.8. The van der Waals surface area contributed by atoms with Gasteiger partial charge in [-0.25, -0.2) is 0 Å². The lowest BCUT2D eigenvalue weighted by molar-refractivity contribution is -0.137. The zero-order valence-corrected chi connectivity index (χ0v) is 10.2. The molecule has 0 aliphatic rings. The van der Waals surface area contributed by atoms with Crippen molar-refractivity contribution in [3.63, 3.8) is 0 Å². The zero-order valence-electron chi connectivity index (χ0n) is 9.33. The van der Waals surface area contributed by atoms with Gasteiger partial charge in [-0.05, 0) is 24.3 Å². The molecule has 2 aromatic rings. The predicted molar refractivity (Wildman–Crippen MR) is 69.1 cm³/mol. The second kappa shape index (κ2) is 5.06. The molecule has 96 valence electrons. The summed E-state index contributed by atoms with van der Waals surface area (Å²) in [4.78, 5) is 4.05. The van der Waals surface area contributed by atoms with Gasteiger partial charge in [-0.15, -0.1) is 0 Å². The van der Waals surface area contributed by atoms with E-state index in [1.54, 1.807) is 12.3 Å². The van der Waals surface area contributed by atoms with E-state index < -0.39 is 11.7 Å². The molecule has 0 aliphatic carbocycles. The average molecular weight is 272 g/mol. The Bertz CT molecular complexity index is 555. The van der Waals surface area contributed by atoms with E-state index in [-0.39, 0.29) is 0 Å². The SMILES string of the molecule is FC(F)(F)c1ccc2nccc(NCCS)c2c1. The fourth-order valence-corrected chi connectivity index (χ4v) is 1.78. The van der Waals surface area contributed by atoms with Crippen molar-refractivity contribution in [1.82, 2.24) is 4.98 Å². The lowest BCUT2D eigenvalue weighted by Crippen LogP contribution is -2.06. The summed E-state index contributed by atoms with van der Waals surface area (Å²) in [6.07, 6.45) is -2.78. The number of pyridine rings is 1. The van der Waals surface area contributed by atoms with Crippen LogP contribution in [0.1, 0.15) is 5.56 Å². The van der Waals surface area contributed by atoms with Crippen LogP contribution in [0, 0.1) is 0 Å². The van der Waals surface area contributed by atoms with Crippen molar-refractivity contribution in [3.05, 3.63) is 36.0 Å². The number of aromatic nitrogens is 1. The van der Waals surface area contributed by atoms with Gasteiger partial charge in [0.2, 0.25) is 0 Å². The number of anilines is 1. The molecule has 0 spiro atoms. The molecular weight excluding hydrogens is 261 g/mol. The van der Waals surface area contributed by atoms with Gasteiger partial charge < -0.3 is 5.32 Å². The molecule has 0 radical (unpaired) electrons. The summed E-state index contributed by atoms with van der Waals surface area (Å²) in [5.74, 6) is 0.600. The van der Waals surface area contributed by atoms with Crippen LogP contribution in [0.25, 0.3) is 10.9 Å². The molecule has 0 fully saturated rings. The van der Waals surface area contributed by atoms with Crippen LogP contribution in [-0.2, 0) is 6.18 Å². The number of benzene rings is 1. The van der Waals surface area contributed by atoms with E-state index >= 15 is 0 Å². The minimum atomic E-state index is -4.34. The second-order valence-corrected chi connectivity index (χ2v) is 4.19. The molecule has 1 aromatic heterocycles. The van der Waals surface area contributed by atoms with Crippen molar-refractivity contribution >= 4 is 29.2 Å². The zero-order chi connectivity index (χ0) is 13.2. The van der Waals surface area contributed by atoms with E-state index in [0.717, 1.165) is 12.1 Å². The molecule has 6 heteroatoms. The number of nitrogens with one attached hydrogen (secondary N) is 1. The summed E-state index contributed by atoms with van der Waals surface area (Å²) in [7, 11) is 0. The first-order valence-electron chi connectivity index (χ1n) is 5.33. The van der Waals surface area contributed by atoms with Crippen molar-refractivity contribution in [3.8, 4) is 0 Å². The Hall–Kier alpha value is -1.43. The monoisotopic (exact) mass is 272 g/mol. The van der Waals surface area contributed by atoms with Crippen LogP contribution in [0.15, 0.2) is 30.5 Å². The molecule has 0 amide bonds. The maximum absolute atomic E-state index is 12.6. The highest BCUT2D eigenvalue weighted by Crippen LogP contribution is 2.32. The van der Waals surface area contributed by atoms with Gasteiger partial charge in [0.15, 0.2) is 0 Å². The van der Waals surface area contributed by atoms with E-state index in [9.17, 15) is 13.2 Å². The van der Waals surface area contributed by atoms with Crippen LogP contribution < -0.4 is 5.32 Å². The Kier molecular flexibility index (Phi) is 3.65. The topological polar surface area (TPSA) is 24.9 Å². The highest BCUT2D eigenvalue weighted by atomic mass is 32.1. The summed E-state index contributed by atoms with van der Waals surface area (Å²) in [6.45, 7) is 0.582. The first-order valence-corrected chi connectivity index (χ1v) is 5.96. The summed E-state index contributed by atoms with van der Waals surface area (Å²) in [5, 5.41) is 3.50. The van der Waals surface area contributed by atoms with E-state index in [1.807, 2.05) is 0 Å². The minimum Gasteiger partial charge on any atom is -0.384 e. The van der Waals surface area contributed by atoms with Crippen LogP contribution in [0.4, 0.5) is 18.9 Å². The van der Waals surface area contributed by atoms with E-state index in [0.29, 0.717) is 28.9 Å². The highest BCUT2D eigenvalue weighted by molar-refractivity contribution is 7.80. The van der Waals surface area contributed by atoms with Crippen molar-refractivity contribution in [2.75, 3.05) is 17.6 Å². The number of rotatable bonds is 3. The van der Waals surface area contributed by atoms with Gasteiger partial charge in [0.1, 0.15) is 0 Å². The maximum atomic E-state index is 12.6. The minimum absolute atomic E-state index is 0.467. The van der Waals surface area contributed by atoms with Gasteiger partial charge in [0.25, 0.3) is 0 Å². The number of alkyl halides is 3. The molecule has 0 bridgehead atoms. The highest BCUT2D eigenvalue weighted by Gasteiger charge is 2.30. The maximum Gasteiger partial charge on any atom is 0.416 e. The third-order valence-electron chi connectivity index (χ3n) is 2.50. The summed E-state index contributed by atoms with van der Waals surface area (Å²) >= 11 is 4.05. The van der Waals surface area contributed by atoms with Gasteiger partial charge in [0, 0.05) is 29.6 Å². The predicted octanol–water partition coefficient (Wildman–Crippen LogP) is 3.60. The molecule has 18 heavy (non-hydrogen) atoms. The molecule has 0 saturated carbocycles. The lowest BCUT2D eigenvalue weighted by atomic mass is 10.1. The van der Waals surface area contributed by atoms with E-state index in [1.165, 1.54) is 6.07 Å². The first-order chi connectivity index (χ1) is 8.52. The van der Waals surface area contributed by atoms with Gasteiger partial charge >= 0.3 is 6.18 Å². The van der Waals surface area contributed by atoms with Crippen molar-refractivity contribution in [1.29, 1.82) is 0 Å². The van der Waals surface area contributed by atoms with Gasteiger partial charge in [-0.2, -0.15) is 25.8 Å². The van der Waals surface area contributed by atoms with E-state index in [4.69, 9.17) is 0 Å². The average Bonchev–Trinajstić information content (AvgIpc) is 2.34. The fourth-order valence-electron chi connectivity index (χ4n) is 1.67. The Morgan fingerprint density at radius 3 is 2.67 bits per heavy atom. The quantitative estimate of drug-likeness (QED) is 0.835. The number of fused-ring (bicyclic) bond motifs is 1. The molecule has 1 N–H and O–H groups in total. The smallest absolute Gasteiger partial charge is 0.384 e. The van der Waals surface area contributed by atoms with Gasteiger partial charge in [0.05, 0.1) is 11.1 Å². The molecule has 1 heterocycles. The van der Waals surface area contributed by atoms with Crippen molar-refractivity contribution in [2.45, 2.75) is 6.18 Å². The molecule has 0 aliphatic heterocycles. The lowest BCUT2D eigenvalue weighted by Gasteiger charge is -2.11. The number of nitrogens with zero attached hydrogens (tertiary/aromatic N) is 1. The molecule has 0 unspecified atom stereocenters. The fraction of sp³-hybridized carbons (Fsp3) is 0.250. The Morgan fingerprint density at radius 1 is 1.22 bits per heavy atom. The number of thiol groups is 1. The molecule has 0 atom stereocenters. The standard InChI is InChI=1S/C12H11F3N2S/c13-12(14,15)8-1-2-10-9(7-8)11(3-4-16-10)17-5-6-18/h1-4,7,18H,5-6H2,(H,16,17). The van der Waals surface area contributed by atoms with Crippen LogP contribution in [0.5, 0.6) is 0 Å². The Labute approximate surface area is 108 Å². The third kappa shape index (κ3) is 2.69. The largest absolute Gasteiger partial charge is 0.416 e. The van der Waals surface area contributed by atoms with Crippen LogP contribution >= 0.6 is 12.6 Å². The summed E-state index contributed by atoms with van der Waals surface area (Å²) in [6, 6.07) is 5.19. The van der Waals surface area contributed by atoms with Crippen LogP contribution in [0.3, 0.4) is 0 Å². The number of hydrogen-bond acceptors (Lipinski definition) is 3. The number of halogens is 3. The molecule has 2 nitrogen and oxygen atoms in total. The molecule has 2 rings (SSSR count). The Balaban J connectivity index is 2.51. The molecule has 1 aromatic carbocycles. The van der Waals surface area contributed by atoms with Crippen molar-refractivity contribution < 1.29 is 13.2 Å².